The minimum atomic E-state index is 0.868. The smallest absolute Gasteiger partial charge is 0.00672 e. The van der Waals surface area contributed by atoms with Gasteiger partial charge in [-0.25, -0.2) is 0 Å². The predicted octanol–water partition coefficient (Wildman–Crippen LogP) is 1.13. The number of piperidine rings is 1. The molecule has 70 valence electrons. The maximum Gasteiger partial charge on any atom is 0.00672 e. The highest BCUT2D eigenvalue weighted by molar-refractivity contribution is 4.79. The summed E-state index contributed by atoms with van der Waals surface area (Å²) >= 11 is 0. The molecule has 0 amide bonds. The molecule has 0 aromatic heterocycles. The molecular formula is C10H20N2. The lowest BCUT2D eigenvalue weighted by Gasteiger charge is -2.30. The first-order valence-electron chi connectivity index (χ1n) is 5.39. The van der Waals surface area contributed by atoms with Gasteiger partial charge in [0.15, 0.2) is 0 Å². The van der Waals surface area contributed by atoms with E-state index in [1.807, 2.05) is 0 Å². The molecule has 1 saturated carbocycles. The van der Waals surface area contributed by atoms with E-state index >= 15 is 0 Å². The molecule has 2 aliphatic rings. The Morgan fingerprint density at radius 3 is 2.67 bits per heavy atom. The van der Waals surface area contributed by atoms with Crippen LogP contribution in [0.15, 0.2) is 0 Å². The molecule has 2 heteroatoms. The van der Waals surface area contributed by atoms with Crippen molar-refractivity contribution in [1.29, 1.82) is 0 Å². The van der Waals surface area contributed by atoms with Crippen molar-refractivity contribution >= 4 is 0 Å². The van der Waals surface area contributed by atoms with Gasteiger partial charge < -0.3 is 10.6 Å². The van der Waals surface area contributed by atoms with Gasteiger partial charge >= 0.3 is 0 Å². The normalized spacial score (nSPS) is 31.5. The summed E-state index contributed by atoms with van der Waals surface area (Å²) in [5.41, 5.74) is 0. The van der Waals surface area contributed by atoms with Crippen molar-refractivity contribution in [2.75, 3.05) is 19.6 Å². The van der Waals surface area contributed by atoms with Crippen molar-refractivity contribution in [2.45, 2.75) is 38.1 Å². The van der Waals surface area contributed by atoms with E-state index in [1.54, 1.807) is 0 Å². The maximum absolute atomic E-state index is 3.65. The second kappa shape index (κ2) is 4.24. The molecule has 1 aliphatic carbocycles. The Balaban J connectivity index is 1.58. The van der Waals surface area contributed by atoms with Gasteiger partial charge in [0.05, 0.1) is 0 Å². The molecule has 12 heavy (non-hydrogen) atoms. The predicted molar refractivity (Wildman–Crippen MR) is 51.2 cm³/mol. The van der Waals surface area contributed by atoms with Crippen LogP contribution >= 0.6 is 0 Å². The minimum absolute atomic E-state index is 0.868. The molecule has 2 rings (SSSR count). The van der Waals surface area contributed by atoms with E-state index in [0.29, 0.717) is 0 Å². The lowest BCUT2D eigenvalue weighted by atomic mass is 9.92. The Hall–Kier alpha value is -0.0800. The molecule has 1 saturated heterocycles. The summed E-state index contributed by atoms with van der Waals surface area (Å²) < 4.78 is 0. The monoisotopic (exact) mass is 168 g/mol. The van der Waals surface area contributed by atoms with E-state index in [1.165, 1.54) is 51.7 Å². The zero-order valence-electron chi connectivity index (χ0n) is 7.81. The van der Waals surface area contributed by atoms with Crippen LogP contribution in [0.1, 0.15) is 32.1 Å². The fourth-order valence-corrected chi connectivity index (χ4v) is 2.04. The average molecular weight is 168 g/mol. The first kappa shape index (κ1) is 8.52. The third-order valence-corrected chi connectivity index (χ3v) is 3.20. The van der Waals surface area contributed by atoms with E-state index in [4.69, 9.17) is 0 Å². The second-order valence-corrected chi connectivity index (χ2v) is 4.25. The van der Waals surface area contributed by atoms with E-state index in [2.05, 4.69) is 10.6 Å². The molecule has 1 aliphatic heterocycles. The summed E-state index contributed by atoms with van der Waals surface area (Å²) in [5.74, 6) is 0.902. The third-order valence-electron chi connectivity index (χ3n) is 3.20. The van der Waals surface area contributed by atoms with Crippen molar-refractivity contribution < 1.29 is 0 Å². The highest BCUT2D eigenvalue weighted by atomic mass is 14.9. The Labute approximate surface area is 75.1 Å². The zero-order valence-corrected chi connectivity index (χ0v) is 7.81. The maximum atomic E-state index is 3.65. The van der Waals surface area contributed by atoms with Crippen LogP contribution in [0.5, 0.6) is 0 Å². The topological polar surface area (TPSA) is 24.1 Å². The molecule has 2 N–H and O–H groups in total. The Kier molecular flexibility index (Phi) is 3.01. The number of hydrogen-bond acceptors (Lipinski definition) is 2. The van der Waals surface area contributed by atoms with Crippen LogP contribution in [-0.4, -0.2) is 25.7 Å². The van der Waals surface area contributed by atoms with Gasteiger partial charge in [0.25, 0.3) is 0 Å². The average Bonchev–Trinajstić information content (AvgIpc) is 2.04. The van der Waals surface area contributed by atoms with Crippen molar-refractivity contribution in [3.05, 3.63) is 0 Å². The quantitative estimate of drug-likeness (QED) is 0.660. The Morgan fingerprint density at radius 1 is 1.17 bits per heavy atom. The fraction of sp³-hybridized carbons (Fsp3) is 1.00. The van der Waals surface area contributed by atoms with Crippen molar-refractivity contribution in [1.82, 2.24) is 10.6 Å². The van der Waals surface area contributed by atoms with Gasteiger partial charge in [0.1, 0.15) is 0 Å². The minimum Gasteiger partial charge on any atom is -0.316 e. The molecule has 2 nitrogen and oxygen atoms in total. The van der Waals surface area contributed by atoms with Gasteiger partial charge in [0, 0.05) is 6.04 Å². The van der Waals surface area contributed by atoms with Crippen LogP contribution < -0.4 is 10.6 Å². The molecule has 0 aromatic carbocycles. The highest BCUT2D eigenvalue weighted by Crippen LogP contribution is 2.18. The zero-order chi connectivity index (χ0) is 8.23. The van der Waals surface area contributed by atoms with Gasteiger partial charge in [-0.1, -0.05) is 6.42 Å². The van der Waals surface area contributed by atoms with Gasteiger partial charge in [-0.2, -0.15) is 0 Å². The molecule has 0 bridgehead atoms. The van der Waals surface area contributed by atoms with Crippen molar-refractivity contribution in [3.63, 3.8) is 0 Å². The molecule has 0 radical (unpaired) electrons. The highest BCUT2D eigenvalue weighted by Gasteiger charge is 2.19. The van der Waals surface area contributed by atoms with E-state index in [-0.39, 0.29) is 0 Å². The van der Waals surface area contributed by atoms with Crippen molar-refractivity contribution in [2.24, 2.45) is 5.92 Å². The summed E-state index contributed by atoms with van der Waals surface area (Å²) in [6.45, 7) is 3.72. The SMILES string of the molecule is C1CNCC(CNC2CCC2)C1. The van der Waals surface area contributed by atoms with Crippen LogP contribution in [0.4, 0.5) is 0 Å². The number of rotatable bonds is 3. The number of hydrogen-bond donors (Lipinski definition) is 2. The lowest BCUT2D eigenvalue weighted by molar-refractivity contribution is 0.290. The fourth-order valence-electron chi connectivity index (χ4n) is 2.04. The Morgan fingerprint density at radius 2 is 2.08 bits per heavy atom. The Bertz CT molecular complexity index is 126. The standard InChI is InChI=1S/C10H20N2/c1-4-10(5-1)12-8-9-3-2-6-11-7-9/h9-12H,1-8H2. The molecule has 1 heterocycles. The van der Waals surface area contributed by atoms with Crippen LogP contribution in [0.25, 0.3) is 0 Å². The molecular weight excluding hydrogens is 148 g/mol. The van der Waals surface area contributed by atoms with E-state index in [0.717, 1.165) is 12.0 Å². The van der Waals surface area contributed by atoms with E-state index in [9.17, 15) is 0 Å². The van der Waals surface area contributed by atoms with Crippen LogP contribution in [-0.2, 0) is 0 Å². The van der Waals surface area contributed by atoms with Crippen molar-refractivity contribution in [3.8, 4) is 0 Å². The summed E-state index contributed by atoms with van der Waals surface area (Å²) in [5, 5.41) is 7.10. The van der Waals surface area contributed by atoms with Gasteiger partial charge in [-0.3, -0.25) is 0 Å². The second-order valence-electron chi connectivity index (χ2n) is 4.25. The molecule has 1 atom stereocenters. The van der Waals surface area contributed by atoms with Gasteiger partial charge in [0.2, 0.25) is 0 Å². The lowest BCUT2D eigenvalue weighted by Crippen LogP contribution is -2.42. The largest absolute Gasteiger partial charge is 0.316 e. The molecule has 0 aromatic rings. The van der Waals surface area contributed by atoms with Crippen LogP contribution in [0.2, 0.25) is 0 Å². The van der Waals surface area contributed by atoms with E-state index < -0.39 is 0 Å². The molecule has 0 spiro atoms. The van der Waals surface area contributed by atoms with Crippen LogP contribution in [0, 0.1) is 5.92 Å². The summed E-state index contributed by atoms with van der Waals surface area (Å²) in [4.78, 5) is 0. The summed E-state index contributed by atoms with van der Waals surface area (Å²) in [6.07, 6.45) is 7.07. The van der Waals surface area contributed by atoms with Gasteiger partial charge in [-0.05, 0) is 51.2 Å². The molecule has 2 fully saturated rings. The first-order valence-corrected chi connectivity index (χ1v) is 5.39. The third kappa shape index (κ3) is 2.20. The summed E-state index contributed by atoms with van der Waals surface area (Å²) in [6, 6.07) is 0.868. The summed E-state index contributed by atoms with van der Waals surface area (Å²) in [7, 11) is 0. The first-order chi connectivity index (χ1) is 5.95. The number of nitrogens with one attached hydrogen (secondary N) is 2. The van der Waals surface area contributed by atoms with Crippen LogP contribution in [0.3, 0.4) is 0 Å². The van der Waals surface area contributed by atoms with Gasteiger partial charge in [-0.15, -0.1) is 0 Å². The molecule has 1 unspecified atom stereocenters.